The van der Waals surface area contributed by atoms with Gasteiger partial charge in [-0.3, -0.25) is 9.59 Å². The fraction of sp³-hybridized carbons (Fsp3) is 0.125. The summed E-state index contributed by atoms with van der Waals surface area (Å²) < 4.78 is 26.8. The summed E-state index contributed by atoms with van der Waals surface area (Å²) in [5.74, 6) is -2.27. The molecule has 0 spiro atoms. The van der Waals surface area contributed by atoms with Crippen LogP contribution in [0.15, 0.2) is 40.1 Å². The second kappa shape index (κ2) is 9.02. The fourth-order valence-electron chi connectivity index (χ4n) is 1.96. The molecule has 140 valence electrons. The van der Waals surface area contributed by atoms with Gasteiger partial charge in [0.15, 0.2) is 4.34 Å². The van der Waals surface area contributed by atoms with Gasteiger partial charge in [0, 0.05) is 10.9 Å². The molecule has 0 fully saturated rings. The van der Waals surface area contributed by atoms with Gasteiger partial charge in [0.05, 0.1) is 17.9 Å². The topological polar surface area (TPSA) is 84.0 Å². The minimum atomic E-state index is -0.847. The predicted molar refractivity (Wildman–Crippen MR) is 102 cm³/mol. The van der Waals surface area contributed by atoms with Crippen LogP contribution < -0.4 is 10.6 Å². The lowest BCUT2D eigenvalue weighted by molar-refractivity contribution is -0.115. The molecule has 11 heteroatoms. The van der Waals surface area contributed by atoms with Crippen molar-refractivity contribution in [2.24, 2.45) is 0 Å². The number of thioether (sulfide) groups is 1. The van der Waals surface area contributed by atoms with Gasteiger partial charge in [-0.2, -0.15) is 0 Å². The first-order chi connectivity index (χ1) is 13.0. The normalized spacial score (nSPS) is 10.6. The molecule has 0 aliphatic carbocycles. The van der Waals surface area contributed by atoms with E-state index in [-0.39, 0.29) is 23.8 Å². The van der Waals surface area contributed by atoms with Crippen LogP contribution in [0.1, 0.15) is 4.88 Å². The maximum atomic E-state index is 13.5. The second-order valence-electron chi connectivity index (χ2n) is 5.14. The number of benzene rings is 1. The van der Waals surface area contributed by atoms with Crippen LogP contribution in [0, 0.1) is 11.6 Å². The first-order valence-corrected chi connectivity index (χ1v) is 10.2. The van der Waals surface area contributed by atoms with E-state index < -0.39 is 17.5 Å². The Labute approximate surface area is 165 Å². The summed E-state index contributed by atoms with van der Waals surface area (Å²) in [4.78, 5) is 24.7. The number of hydrogen-bond acceptors (Lipinski definition) is 7. The molecule has 0 aliphatic heterocycles. The van der Waals surface area contributed by atoms with Crippen LogP contribution in [0.4, 0.5) is 19.6 Å². The number of rotatable bonds is 7. The van der Waals surface area contributed by atoms with Crippen LogP contribution in [-0.2, 0) is 16.0 Å². The van der Waals surface area contributed by atoms with Gasteiger partial charge < -0.3 is 10.6 Å². The number of nitrogens with zero attached hydrogens (tertiary/aromatic N) is 2. The summed E-state index contributed by atoms with van der Waals surface area (Å²) in [7, 11) is 0. The van der Waals surface area contributed by atoms with E-state index in [1.54, 1.807) is 0 Å². The number of carbonyl (C=O) groups excluding carboxylic acids is 2. The summed E-state index contributed by atoms with van der Waals surface area (Å²) in [6.07, 6.45) is 0.255. The molecule has 2 N–H and O–H groups in total. The Morgan fingerprint density at radius 2 is 1.96 bits per heavy atom. The molecule has 0 bridgehead atoms. The quantitative estimate of drug-likeness (QED) is 0.444. The lowest BCUT2D eigenvalue weighted by Gasteiger charge is -2.05. The third kappa shape index (κ3) is 5.81. The van der Waals surface area contributed by atoms with E-state index in [1.807, 2.05) is 17.5 Å². The molecule has 3 rings (SSSR count). The van der Waals surface area contributed by atoms with Crippen molar-refractivity contribution in [1.29, 1.82) is 0 Å². The number of nitrogens with one attached hydrogen (secondary N) is 2. The van der Waals surface area contributed by atoms with E-state index in [9.17, 15) is 18.4 Å². The van der Waals surface area contributed by atoms with E-state index in [2.05, 4.69) is 20.8 Å². The van der Waals surface area contributed by atoms with Crippen molar-refractivity contribution in [3.63, 3.8) is 0 Å². The van der Waals surface area contributed by atoms with Gasteiger partial charge in [-0.1, -0.05) is 29.2 Å². The molecule has 2 amide bonds. The van der Waals surface area contributed by atoms with Crippen LogP contribution in [0.5, 0.6) is 0 Å². The monoisotopic (exact) mass is 426 g/mol. The second-order valence-corrected chi connectivity index (χ2v) is 8.37. The minimum absolute atomic E-state index is 0.0331. The van der Waals surface area contributed by atoms with Gasteiger partial charge in [-0.15, -0.1) is 21.5 Å². The number of aromatic nitrogens is 2. The first-order valence-electron chi connectivity index (χ1n) is 7.53. The van der Waals surface area contributed by atoms with E-state index >= 15 is 0 Å². The highest BCUT2D eigenvalue weighted by Crippen LogP contribution is 2.26. The average Bonchev–Trinajstić information content (AvgIpc) is 3.27. The van der Waals surface area contributed by atoms with Crippen molar-refractivity contribution in [3.8, 4) is 0 Å². The number of anilines is 2. The zero-order valence-corrected chi connectivity index (χ0v) is 16.0. The molecular weight excluding hydrogens is 414 g/mol. The largest absolute Gasteiger partial charge is 0.323 e. The van der Waals surface area contributed by atoms with Crippen molar-refractivity contribution in [2.45, 2.75) is 10.8 Å². The predicted octanol–water partition coefficient (Wildman–Crippen LogP) is 3.79. The lowest BCUT2D eigenvalue weighted by atomic mass is 10.3. The Kier molecular flexibility index (Phi) is 6.48. The maximum Gasteiger partial charge on any atom is 0.234 e. The Morgan fingerprint density at radius 1 is 1.11 bits per heavy atom. The van der Waals surface area contributed by atoms with Crippen molar-refractivity contribution in [3.05, 3.63) is 52.2 Å². The van der Waals surface area contributed by atoms with E-state index in [4.69, 9.17) is 0 Å². The smallest absolute Gasteiger partial charge is 0.234 e. The molecule has 0 unspecified atom stereocenters. The molecule has 0 saturated heterocycles. The van der Waals surface area contributed by atoms with Gasteiger partial charge in [-0.05, 0) is 23.6 Å². The lowest BCUT2D eigenvalue weighted by Crippen LogP contribution is -2.15. The number of amides is 2. The van der Waals surface area contributed by atoms with Gasteiger partial charge in [0.25, 0.3) is 0 Å². The average molecular weight is 426 g/mol. The third-order valence-electron chi connectivity index (χ3n) is 3.10. The van der Waals surface area contributed by atoms with Crippen LogP contribution >= 0.6 is 34.4 Å². The number of thiophene rings is 1. The van der Waals surface area contributed by atoms with Crippen molar-refractivity contribution < 1.29 is 18.4 Å². The molecule has 0 atom stereocenters. The number of carbonyl (C=O) groups is 2. The molecule has 27 heavy (non-hydrogen) atoms. The minimum Gasteiger partial charge on any atom is -0.323 e. The third-order valence-corrected chi connectivity index (χ3v) is 5.95. The Morgan fingerprint density at radius 3 is 2.70 bits per heavy atom. The Balaban J connectivity index is 1.47. The molecule has 2 aromatic heterocycles. The van der Waals surface area contributed by atoms with Gasteiger partial charge in [0.2, 0.25) is 16.9 Å². The maximum absolute atomic E-state index is 13.5. The first kappa shape index (κ1) is 19.4. The van der Waals surface area contributed by atoms with Crippen LogP contribution in [0.2, 0.25) is 0 Å². The molecule has 0 saturated carbocycles. The summed E-state index contributed by atoms with van der Waals surface area (Å²) in [5.41, 5.74) is -0.0965. The van der Waals surface area contributed by atoms with Gasteiger partial charge >= 0.3 is 0 Å². The highest BCUT2D eigenvalue weighted by molar-refractivity contribution is 8.01. The van der Waals surface area contributed by atoms with E-state index in [0.29, 0.717) is 15.5 Å². The summed E-state index contributed by atoms with van der Waals surface area (Å²) in [6.45, 7) is 0. The zero-order chi connectivity index (χ0) is 19.2. The molecular formula is C16H12F2N4O2S3. The van der Waals surface area contributed by atoms with Crippen molar-refractivity contribution >= 4 is 57.1 Å². The highest BCUT2D eigenvalue weighted by Gasteiger charge is 2.12. The highest BCUT2D eigenvalue weighted by atomic mass is 32.2. The Hall–Kier alpha value is -2.37. The summed E-state index contributed by atoms with van der Waals surface area (Å²) in [5, 5.41) is 15.0. The SMILES string of the molecule is O=C(Cc1cccs1)Nc1nnc(SCC(=O)Nc2ccc(F)cc2F)s1. The van der Waals surface area contributed by atoms with E-state index in [0.717, 1.165) is 40.1 Å². The van der Waals surface area contributed by atoms with Gasteiger partial charge in [0.1, 0.15) is 11.6 Å². The summed E-state index contributed by atoms with van der Waals surface area (Å²) >= 11 is 3.72. The molecule has 1 aromatic carbocycles. The molecule has 2 heterocycles. The number of hydrogen-bond donors (Lipinski definition) is 2. The fourth-order valence-corrected chi connectivity index (χ4v) is 4.23. The number of halogens is 2. The molecule has 6 nitrogen and oxygen atoms in total. The van der Waals surface area contributed by atoms with E-state index in [1.165, 1.54) is 11.3 Å². The Bertz CT molecular complexity index is 947. The van der Waals surface area contributed by atoms with Crippen LogP contribution in [0.25, 0.3) is 0 Å². The molecule has 3 aromatic rings. The van der Waals surface area contributed by atoms with Gasteiger partial charge in [-0.25, -0.2) is 8.78 Å². The van der Waals surface area contributed by atoms with Crippen LogP contribution in [-0.4, -0.2) is 27.8 Å². The zero-order valence-electron chi connectivity index (χ0n) is 13.6. The standard InChI is InChI=1S/C16H12F2N4O2S3/c17-9-3-4-12(11(18)6-9)19-14(24)8-26-16-22-21-15(27-16)20-13(23)7-10-2-1-5-25-10/h1-6H,7-8H2,(H,19,24)(H,20,21,23). The van der Waals surface area contributed by atoms with Crippen molar-refractivity contribution in [1.82, 2.24) is 10.2 Å². The van der Waals surface area contributed by atoms with Crippen molar-refractivity contribution in [2.75, 3.05) is 16.4 Å². The van der Waals surface area contributed by atoms with Crippen LogP contribution in [0.3, 0.4) is 0 Å². The summed E-state index contributed by atoms with van der Waals surface area (Å²) in [6, 6.07) is 6.64. The molecule has 0 radical (unpaired) electrons. The molecule has 0 aliphatic rings.